The van der Waals surface area contributed by atoms with Crippen LogP contribution in [0.3, 0.4) is 0 Å². The minimum absolute atomic E-state index is 0.0508. The van der Waals surface area contributed by atoms with Gasteiger partial charge in [-0.15, -0.1) is 0 Å². The first-order valence-electron chi connectivity index (χ1n) is 10.5. The topological polar surface area (TPSA) is 86.8 Å². The monoisotopic (exact) mass is 463 g/mol. The van der Waals surface area contributed by atoms with E-state index < -0.39 is 34.3 Å². The van der Waals surface area contributed by atoms with Crippen LogP contribution in [0.25, 0.3) is 0 Å². The number of hydrogen-bond donors (Lipinski definition) is 1. The third-order valence-corrected chi connectivity index (χ3v) is 6.14. The summed E-state index contributed by atoms with van der Waals surface area (Å²) in [4.78, 5) is 27.4. The number of carbonyl (C=O) groups is 2. The minimum atomic E-state index is -3.87. The van der Waals surface area contributed by atoms with Gasteiger partial charge in [0.25, 0.3) is 0 Å². The molecule has 0 aliphatic rings. The Bertz CT molecular complexity index is 1010. The molecule has 0 bridgehead atoms. The van der Waals surface area contributed by atoms with Gasteiger partial charge in [0.1, 0.15) is 18.4 Å². The number of anilines is 1. The zero-order chi connectivity index (χ0) is 23.7. The van der Waals surface area contributed by atoms with Crippen LogP contribution in [-0.2, 0) is 26.0 Å². The fourth-order valence-corrected chi connectivity index (χ4v) is 4.27. The molecule has 0 aliphatic heterocycles. The van der Waals surface area contributed by atoms with Gasteiger partial charge >= 0.3 is 0 Å². The minimum Gasteiger partial charge on any atom is -0.355 e. The smallest absolute Gasteiger partial charge is 0.244 e. The molecule has 0 aliphatic carbocycles. The van der Waals surface area contributed by atoms with Crippen molar-refractivity contribution in [3.8, 4) is 0 Å². The quantitative estimate of drug-likeness (QED) is 0.555. The van der Waals surface area contributed by atoms with Crippen molar-refractivity contribution in [2.24, 2.45) is 0 Å². The van der Waals surface area contributed by atoms with Gasteiger partial charge in [-0.3, -0.25) is 13.9 Å². The summed E-state index contributed by atoms with van der Waals surface area (Å²) in [6.07, 6.45) is 1.83. The summed E-state index contributed by atoms with van der Waals surface area (Å²) >= 11 is 0. The van der Waals surface area contributed by atoms with Crippen LogP contribution in [0.5, 0.6) is 0 Å². The predicted octanol–water partition coefficient (Wildman–Crippen LogP) is 2.58. The summed E-state index contributed by atoms with van der Waals surface area (Å²) in [5.41, 5.74) is 1.04. The Morgan fingerprint density at radius 2 is 1.75 bits per heavy atom. The molecule has 2 aromatic rings. The molecule has 2 rings (SSSR count). The summed E-state index contributed by atoms with van der Waals surface area (Å²) in [5, 5.41) is 2.74. The Labute approximate surface area is 189 Å². The lowest BCUT2D eigenvalue weighted by atomic mass is 10.1. The largest absolute Gasteiger partial charge is 0.355 e. The number of carbonyl (C=O) groups excluding carboxylic acids is 2. The zero-order valence-corrected chi connectivity index (χ0v) is 19.4. The van der Waals surface area contributed by atoms with Crippen molar-refractivity contribution in [3.63, 3.8) is 0 Å². The predicted molar refractivity (Wildman–Crippen MR) is 123 cm³/mol. The van der Waals surface area contributed by atoms with Gasteiger partial charge in [0.2, 0.25) is 21.8 Å². The maximum Gasteiger partial charge on any atom is 0.244 e. The number of likely N-dealkylation sites (N-methyl/N-ethyl adjacent to an activating group) is 1. The highest BCUT2D eigenvalue weighted by molar-refractivity contribution is 7.92. The van der Waals surface area contributed by atoms with Gasteiger partial charge in [0.15, 0.2) is 0 Å². The van der Waals surface area contributed by atoms with Crippen LogP contribution in [0, 0.1) is 5.82 Å². The van der Waals surface area contributed by atoms with Crippen molar-refractivity contribution in [1.29, 1.82) is 0 Å². The van der Waals surface area contributed by atoms with Gasteiger partial charge in [-0.25, -0.2) is 12.8 Å². The molecule has 0 fully saturated rings. The second kappa shape index (κ2) is 11.6. The van der Waals surface area contributed by atoms with E-state index in [-0.39, 0.29) is 18.1 Å². The zero-order valence-electron chi connectivity index (χ0n) is 18.6. The SMILES string of the molecule is CCNC(=O)C(CC)N(CCc1ccccc1)C(=O)CN(c1cccc(F)c1)S(C)(=O)=O. The average Bonchev–Trinajstić information content (AvgIpc) is 2.74. The summed E-state index contributed by atoms with van der Waals surface area (Å²) < 4.78 is 39.4. The summed E-state index contributed by atoms with van der Waals surface area (Å²) in [7, 11) is -3.87. The molecule has 2 aromatic carbocycles. The molecule has 1 atom stereocenters. The van der Waals surface area contributed by atoms with Crippen molar-refractivity contribution < 1.29 is 22.4 Å². The second-order valence-electron chi connectivity index (χ2n) is 7.39. The van der Waals surface area contributed by atoms with Crippen LogP contribution in [-0.4, -0.2) is 57.1 Å². The lowest BCUT2D eigenvalue weighted by molar-refractivity contribution is -0.139. The summed E-state index contributed by atoms with van der Waals surface area (Å²) in [6.45, 7) is 3.70. The normalized spacial score (nSPS) is 12.1. The van der Waals surface area contributed by atoms with Crippen molar-refractivity contribution in [1.82, 2.24) is 10.2 Å². The number of nitrogens with one attached hydrogen (secondary N) is 1. The highest BCUT2D eigenvalue weighted by Gasteiger charge is 2.31. The highest BCUT2D eigenvalue weighted by Crippen LogP contribution is 2.20. The second-order valence-corrected chi connectivity index (χ2v) is 9.30. The molecule has 7 nitrogen and oxygen atoms in total. The number of rotatable bonds is 11. The van der Waals surface area contributed by atoms with Gasteiger partial charge in [-0.05, 0) is 43.5 Å². The number of sulfonamides is 1. The third-order valence-electron chi connectivity index (χ3n) is 5.00. The van der Waals surface area contributed by atoms with E-state index in [9.17, 15) is 22.4 Å². The molecule has 1 unspecified atom stereocenters. The Hall–Kier alpha value is -2.94. The number of benzene rings is 2. The average molecular weight is 464 g/mol. The van der Waals surface area contributed by atoms with E-state index in [4.69, 9.17) is 0 Å². The van der Waals surface area contributed by atoms with Gasteiger partial charge in [0, 0.05) is 13.1 Å². The number of halogens is 1. The summed E-state index contributed by atoms with van der Waals surface area (Å²) in [6, 6.07) is 13.8. The van der Waals surface area contributed by atoms with E-state index in [1.807, 2.05) is 30.3 Å². The first-order valence-corrected chi connectivity index (χ1v) is 12.4. The lowest BCUT2D eigenvalue weighted by Gasteiger charge is -2.32. The van der Waals surface area contributed by atoms with E-state index in [1.165, 1.54) is 23.1 Å². The molecule has 2 amide bonds. The third kappa shape index (κ3) is 7.05. The van der Waals surface area contributed by atoms with Gasteiger partial charge in [-0.2, -0.15) is 0 Å². The lowest BCUT2D eigenvalue weighted by Crippen LogP contribution is -2.53. The number of hydrogen-bond acceptors (Lipinski definition) is 4. The van der Waals surface area contributed by atoms with Gasteiger partial charge in [-0.1, -0.05) is 43.3 Å². The van der Waals surface area contributed by atoms with Crippen molar-refractivity contribution in [2.45, 2.75) is 32.7 Å². The molecule has 174 valence electrons. The van der Waals surface area contributed by atoms with Crippen LogP contribution in [0.4, 0.5) is 10.1 Å². The molecule has 1 N–H and O–H groups in total. The number of nitrogens with zero attached hydrogens (tertiary/aromatic N) is 2. The molecular weight excluding hydrogens is 433 g/mol. The first-order chi connectivity index (χ1) is 15.2. The van der Waals surface area contributed by atoms with Crippen LogP contribution >= 0.6 is 0 Å². The Balaban J connectivity index is 2.34. The van der Waals surface area contributed by atoms with Crippen LogP contribution in [0.1, 0.15) is 25.8 Å². The standard InChI is InChI=1S/C23H30FN3O4S/c1-4-21(23(29)25-5-2)26(15-14-18-10-7-6-8-11-18)22(28)17-27(32(3,30)31)20-13-9-12-19(24)16-20/h6-13,16,21H,4-5,14-15,17H2,1-3H3,(H,25,29). The van der Waals surface area contributed by atoms with Gasteiger partial charge < -0.3 is 10.2 Å². The van der Waals surface area contributed by atoms with Crippen LogP contribution < -0.4 is 9.62 Å². The Morgan fingerprint density at radius 3 is 2.31 bits per heavy atom. The van der Waals surface area contributed by atoms with Crippen LogP contribution in [0.2, 0.25) is 0 Å². The molecule has 0 saturated heterocycles. The first kappa shape index (κ1) is 25.3. The molecule has 0 saturated carbocycles. The maximum atomic E-state index is 13.7. The highest BCUT2D eigenvalue weighted by atomic mass is 32.2. The van der Waals surface area contributed by atoms with E-state index in [0.29, 0.717) is 19.4 Å². The Kier molecular flexibility index (Phi) is 9.19. The van der Waals surface area contributed by atoms with Crippen LogP contribution in [0.15, 0.2) is 54.6 Å². The van der Waals surface area contributed by atoms with E-state index in [2.05, 4.69) is 5.32 Å². The van der Waals surface area contributed by atoms with E-state index in [1.54, 1.807) is 13.8 Å². The molecule has 32 heavy (non-hydrogen) atoms. The molecular formula is C23H30FN3O4S. The molecule has 0 aromatic heterocycles. The Morgan fingerprint density at radius 1 is 1.06 bits per heavy atom. The van der Waals surface area contributed by atoms with Gasteiger partial charge in [0.05, 0.1) is 11.9 Å². The number of amides is 2. The molecule has 0 spiro atoms. The van der Waals surface area contributed by atoms with Crippen molar-refractivity contribution in [2.75, 3.05) is 30.2 Å². The van der Waals surface area contributed by atoms with Crippen molar-refractivity contribution in [3.05, 3.63) is 66.0 Å². The molecule has 0 radical (unpaired) electrons. The fraction of sp³-hybridized carbons (Fsp3) is 0.391. The van der Waals surface area contributed by atoms with E-state index >= 15 is 0 Å². The van der Waals surface area contributed by atoms with E-state index in [0.717, 1.165) is 22.2 Å². The van der Waals surface area contributed by atoms with Crippen molar-refractivity contribution >= 4 is 27.5 Å². The fourth-order valence-electron chi connectivity index (χ4n) is 3.43. The molecule has 9 heteroatoms. The maximum absolute atomic E-state index is 13.7. The molecule has 0 heterocycles. The summed E-state index contributed by atoms with van der Waals surface area (Å²) in [5.74, 6) is -1.44.